The summed E-state index contributed by atoms with van der Waals surface area (Å²) in [6, 6.07) is 9.96. The zero-order chi connectivity index (χ0) is 19.7. The molecular formula is C21H30ClN3O2. The minimum Gasteiger partial charge on any atom is -0.375 e. The van der Waals surface area contributed by atoms with Gasteiger partial charge in [0.15, 0.2) is 0 Å². The molecule has 0 spiro atoms. The van der Waals surface area contributed by atoms with Crippen molar-refractivity contribution in [2.45, 2.75) is 32.0 Å². The molecule has 148 valence electrons. The third-order valence-corrected chi connectivity index (χ3v) is 5.15. The van der Waals surface area contributed by atoms with E-state index in [-0.39, 0.29) is 5.91 Å². The van der Waals surface area contributed by atoms with Crippen LogP contribution in [0.15, 0.2) is 53.6 Å². The third kappa shape index (κ3) is 5.66. The zero-order valence-corrected chi connectivity index (χ0v) is 17.1. The van der Waals surface area contributed by atoms with Gasteiger partial charge in [-0.25, -0.2) is 0 Å². The Morgan fingerprint density at radius 1 is 1.26 bits per heavy atom. The summed E-state index contributed by atoms with van der Waals surface area (Å²) in [6.07, 6.45) is 4.89. The van der Waals surface area contributed by atoms with Crippen molar-refractivity contribution in [3.8, 4) is 0 Å². The lowest BCUT2D eigenvalue weighted by molar-refractivity contribution is -0.129. The summed E-state index contributed by atoms with van der Waals surface area (Å²) in [5, 5.41) is 6.96. The van der Waals surface area contributed by atoms with Gasteiger partial charge in [0.1, 0.15) is 11.6 Å². The lowest BCUT2D eigenvalue weighted by atomic mass is 9.86. The van der Waals surface area contributed by atoms with Crippen molar-refractivity contribution in [1.29, 1.82) is 0 Å². The molecule has 1 aliphatic rings. The molecule has 0 saturated heterocycles. The molecule has 1 aromatic rings. The molecule has 0 bridgehead atoms. The van der Waals surface area contributed by atoms with E-state index in [0.717, 1.165) is 25.2 Å². The van der Waals surface area contributed by atoms with Gasteiger partial charge in [0, 0.05) is 31.8 Å². The minimum absolute atomic E-state index is 0.139. The normalized spacial score (nSPS) is 22.0. The fourth-order valence-corrected chi connectivity index (χ4v) is 3.47. The first-order chi connectivity index (χ1) is 13.1. The van der Waals surface area contributed by atoms with Crippen LogP contribution >= 0.6 is 11.6 Å². The average molecular weight is 392 g/mol. The van der Waals surface area contributed by atoms with Crippen LogP contribution in [0.4, 0.5) is 0 Å². The number of hydrogen-bond donors (Lipinski definition) is 2. The molecule has 0 fully saturated rings. The number of halogens is 1. The van der Waals surface area contributed by atoms with Crippen molar-refractivity contribution in [3.05, 3.63) is 59.2 Å². The quantitative estimate of drug-likeness (QED) is 0.644. The van der Waals surface area contributed by atoms with Crippen LogP contribution in [0, 0.1) is 0 Å². The maximum atomic E-state index is 13.2. The lowest BCUT2D eigenvalue weighted by Crippen LogP contribution is -2.63. The van der Waals surface area contributed by atoms with E-state index >= 15 is 0 Å². The maximum Gasteiger partial charge on any atom is 0.247 e. The van der Waals surface area contributed by atoms with E-state index in [1.807, 2.05) is 36.4 Å². The van der Waals surface area contributed by atoms with Gasteiger partial charge in [0.05, 0.1) is 0 Å². The maximum absolute atomic E-state index is 13.2. The van der Waals surface area contributed by atoms with Gasteiger partial charge in [-0.1, -0.05) is 61.9 Å². The Morgan fingerprint density at radius 2 is 1.96 bits per heavy atom. The van der Waals surface area contributed by atoms with Gasteiger partial charge in [-0.15, -0.1) is 0 Å². The lowest BCUT2D eigenvalue weighted by Gasteiger charge is -2.38. The van der Waals surface area contributed by atoms with E-state index in [4.69, 9.17) is 16.3 Å². The molecule has 2 N–H and O–H groups in total. The highest BCUT2D eigenvalue weighted by molar-refractivity contribution is 6.31. The van der Waals surface area contributed by atoms with Crippen LogP contribution in [0.1, 0.15) is 19.4 Å². The number of ether oxygens (including phenoxy) is 1. The van der Waals surface area contributed by atoms with Crippen LogP contribution in [-0.2, 0) is 16.1 Å². The van der Waals surface area contributed by atoms with Gasteiger partial charge >= 0.3 is 0 Å². The summed E-state index contributed by atoms with van der Waals surface area (Å²) in [7, 11) is 1.60. The summed E-state index contributed by atoms with van der Waals surface area (Å²) in [4.78, 5) is 15.5. The molecule has 2 unspecified atom stereocenters. The SMILES string of the molecule is CCN(CC)CCNC(=O)C1(NCc2ccccc2)C=C(Cl)C=CC1OC. The van der Waals surface area contributed by atoms with E-state index in [9.17, 15) is 4.79 Å². The van der Waals surface area contributed by atoms with Gasteiger partial charge in [0.2, 0.25) is 5.91 Å². The number of nitrogens with zero attached hydrogens (tertiary/aromatic N) is 1. The number of amides is 1. The fourth-order valence-electron chi connectivity index (χ4n) is 3.23. The number of nitrogens with one attached hydrogen (secondary N) is 2. The Balaban J connectivity index is 2.16. The number of carbonyl (C=O) groups excluding carboxylic acids is 1. The zero-order valence-electron chi connectivity index (χ0n) is 16.4. The van der Waals surface area contributed by atoms with Gasteiger partial charge in [-0.05, 0) is 30.8 Å². The van der Waals surface area contributed by atoms with E-state index in [2.05, 4.69) is 29.4 Å². The summed E-state index contributed by atoms with van der Waals surface area (Å²) < 4.78 is 5.61. The number of methoxy groups -OCH3 is 1. The number of allylic oxidation sites excluding steroid dienone is 2. The summed E-state index contributed by atoms with van der Waals surface area (Å²) >= 11 is 6.27. The molecule has 2 atom stereocenters. The van der Waals surface area contributed by atoms with Gasteiger partial charge < -0.3 is 15.0 Å². The Morgan fingerprint density at radius 3 is 2.59 bits per heavy atom. The van der Waals surface area contributed by atoms with E-state index < -0.39 is 11.6 Å². The van der Waals surface area contributed by atoms with Crippen LogP contribution in [0.5, 0.6) is 0 Å². The molecular weight excluding hydrogens is 362 g/mol. The highest BCUT2D eigenvalue weighted by atomic mass is 35.5. The topological polar surface area (TPSA) is 53.6 Å². The molecule has 1 amide bonds. The monoisotopic (exact) mass is 391 g/mol. The molecule has 2 rings (SSSR count). The molecule has 27 heavy (non-hydrogen) atoms. The second kappa shape index (κ2) is 10.6. The third-order valence-electron chi connectivity index (χ3n) is 4.91. The van der Waals surface area contributed by atoms with Crippen LogP contribution in [0.25, 0.3) is 0 Å². The van der Waals surface area contributed by atoms with Crippen LogP contribution in [0.2, 0.25) is 0 Å². The Hall–Kier alpha value is -1.66. The van der Waals surface area contributed by atoms with Crippen molar-refractivity contribution < 1.29 is 9.53 Å². The van der Waals surface area contributed by atoms with Crippen molar-refractivity contribution in [3.63, 3.8) is 0 Å². The molecule has 0 radical (unpaired) electrons. The smallest absolute Gasteiger partial charge is 0.247 e. The van der Waals surface area contributed by atoms with Crippen molar-refractivity contribution in [1.82, 2.24) is 15.5 Å². The molecule has 0 heterocycles. The molecule has 5 nitrogen and oxygen atoms in total. The standard InChI is InChI=1S/C21H30ClN3O2/c1-4-25(5-2)14-13-23-20(26)21(15-18(22)11-12-19(21)27-3)24-16-17-9-7-6-8-10-17/h6-12,15,19,24H,4-5,13-14,16H2,1-3H3,(H,23,26). The van der Waals surface area contributed by atoms with Crippen molar-refractivity contribution >= 4 is 17.5 Å². The minimum atomic E-state index is -1.06. The first-order valence-corrected chi connectivity index (χ1v) is 9.82. The molecule has 6 heteroatoms. The van der Waals surface area contributed by atoms with E-state index in [1.54, 1.807) is 19.3 Å². The number of hydrogen-bond acceptors (Lipinski definition) is 4. The van der Waals surface area contributed by atoms with E-state index in [1.165, 1.54) is 0 Å². The molecule has 1 aromatic carbocycles. The Bertz CT molecular complexity index is 659. The Labute approximate surface area is 167 Å². The van der Waals surface area contributed by atoms with Crippen molar-refractivity contribution in [2.24, 2.45) is 0 Å². The Kier molecular flexibility index (Phi) is 8.51. The van der Waals surface area contributed by atoms with E-state index in [0.29, 0.717) is 18.1 Å². The fraction of sp³-hybridized carbons (Fsp3) is 0.476. The molecule has 0 saturated carbocycles. The van der Waals surface area contributed by atoms with Crippen molar-refractivity contribution in [2.75, 3.05) is 33.3 Å². The summed E-state index contributed by atoms with van der Waals surface area (Å²) in [5.41, 5.74) is 0.0291. The molecule has 0 aromatic heterocycles. The molecule has 1 aliphatic carbocycles. The van der Waals surface area contributed by atoms with Crippen LogP contribution < -0.4 is 10.6 Å². The van der Waals surface area contributed by atoms with Gasteiger partial charge in [-0.3, -0.25) is 10.1 Å². The predicted molar refractivity (Wildman–Crippen MR) is 111 cm³/mol. The number of benzene rings is 1. The highest BCUT2D eigenvalue weighted by Crippen LogP contribution is 2.27. The second-order valence-electron chi connectivity index (χ2n) is 6.54. The highest BCUT2D eigenvalue weighted by Gasteiger charge is 2.44. The second-order valence-corrected chi connectivity index (χ2v) is 6.97. The number of likely N-dealkylation sites (N-methyl/N-ethyl adjacent to an activating group) is 1. The predicted octanol–water partition coefficient (Wildman–Crippen LogP) is 2.68. The van der Waals surface area contributed by atoms with Crippen LogP contribution in [-0.4, -0.2) is 55.7 Å². The first-order valence-electron chi connectivity index (χ1n) is 9.44. The first kappa shape index (κ1) is 21.6. The summed E-state index contributed by atoms with van der Waals surface area (Å²) in [5.74, 6) is -0.139. The van der Waals surface area contributed by atoms with Crippen LogP contribution in [0.3, 0.4) is 0 Å². The number of rotatable bonds is 10. The van der Waals surface area contributed by atoms with Gasteiger partial charge in [0.25, 0.3) is 0 Å². The van der Waals surface area contributed by atoms with Gasteiger partial charge in [-0.2, -0.15) is 0 Å². The largest absolute Gasteiger partial charge is 0.375 e. The summed E-state index contributed by atoms with van der Waals surface area (Å²) in [6.45, 7) is 8.04. The number of carbonyl (C=O) groups is 1. The average Bonchev–Trinajstić information content (AvgIpc) is 2.70. The molecule has 0 aliphatic heterocycles.